The number of nitrogens with zero attached hydrogens (tertiary/aromatic N) is 1. The minimum Gasteiger partial charge on any atom is -0.478 e. The van der Waals surface area contributed by atoms with Crippen LogP contribution in [-0.2, 0) is 26.0 Å². The Balaban J connectivity index is 2.17. The maximum absolute atomic E-state index is 13.3. The first-order chi connectivity index (χ1) is 15.2. The number of aromatic carboxylic acids is 1. The Labute approximate surface area is 189 Å². The molecule has 13 heteroatoms. The summed E-state index contributed by atoms with van der Waals surface area (Å²) in [5.41, 5.74) is -1.76. The smallest absolute Gasteiger partial charge is 0.416 e. The van der Waals surface area contributed by atoms with E-state index in [4.69, 9.17) is 0 Å². The average molecular weight is 507 g/mol. The fourth-order valence-electron chi connectivity index (χ4n) is 3.56. The number of nitrogens with one attached hydrogen (secondary N) is 1. The molecule has 1 fully saturated rings. The normalized spacial score (nSPS) is 15.3. The summed E-state index contributed by atoms with van der Waals surface area (Å²) in [6.07, 6.45) is -1.54. The fraction of sp³-hybridized carbons (Fsp3) is 0.350. The van der Waals surface area contributed by atoms with Crippen LogP contribution < -0.4 is 9.62 Å². The van der Waals surface area contributed by atoms with Gasteiger partial charge in [-0.1, -0.05) is 0 Å². The maximum atomic E-state index is 13.3. The number of hydrogen-bond acceptors (Lipinski definition) is 6. The fourth-order valence-corrected chi connectivity index (χ4v) is 6.26. The van der Waals surface area contributed by atoms with Crippen molar-refractivity contribution in [3.05, 3.63) is 47.5 Å². The number of sulfonamides is 1. The van der Waals surface area contributed by atoms with Gasteiger partial charge in [0.15, 0.2) is 9.84 Å². The number of sulfone groups is 1. The summed E-state index contributed by atoms with van der Waals surface area (Å²) in [4.78, 5) is 11.5. The van der Waals surface area contributed by atoms with Gasteiger partial charge in [0, 0.05) is 19.3 Å². The molecule has 1 aliphatic rings. The molecular formula is C20H21F3N2O6S2. The van der Waals surface area contributed by atoms with Crippen LogP contribution >= 0.6 is 0 Å². The summed E-state index contributed by atoms with van der Waals surface area (Å²) in [6, 6.07) is 5.08. The highest BCUT2D eigenvalue weighted by molar-refractivity contribution is 7.95. The van der Waals surface area contributed by atoms with E-state index in [2.05, 4.69) is 4.72 Å². The van der Waals surface area contributed by atoms with Gasteiger partial charge in [0.1, 0.15) is 4.90 Å². The zero-order chi connectivity index (χ0) is 24.6. The van der Waals surface area contributed by atoms with Gasteiger partial charge in [-0.25, -0.2) is 21.6 Å². The molecular weight excluding hydrogens is 485 g/mol. The van der Waals surface area contributed by atoms with Gasteiger partial charge < -0.3 is 10.0 Å². The van der Waals surface area contributed by atoms with Gasteiger partial charge in [-0.3, -0.25) is 4.72 Å². The molecule has 0 radical (unpaired) electrons. The summed E-state index contributed by atoms with van der Waals surface area (Å²) >= 11 is 0. The van der Waals surface area contributed by atoms with Crippen LogP contribution in [0.15, 0.2) is 46.2 Å². The quantitative estimate of drug-likeness (QED) is 0.614. The van der Waals surface area contributed by atoms with Crippen molar-refractivity contribution in [3.8, 4) is 0 Å². The molecule has 2 aromatic carbocycles. The molecule has 0 spiro atoms. The zero-order valence-corrected chi connectivity index (χ0v) is 19.0. The molecule has 0 atom stereocenters. The number of alkyl halides is 3. The second-order valence-corrected chi connectivity index (χ2v) is 11.3. The minimum atomic E-state index is -4.79. The number of carbonyl (C=O) groups is 1. The minimum absolute atomic E-state index is 0.210. The molecule has 0 bridgehead atoms. The number of carboxylic acid groups (broad SMARTS) is 1. The number of piperidine rings is 1. The molecule has 2 N–H and O–H groups in total. The Morgan fingerprint density at radius 3 is 2.15 bits per heavy atom. The van der Waals surface area contributed by atoms with E-state index in [-0.39, 0.29) is 11.4 Å². The number of rotatable bonds is 6. The largest absolute Gasteiger partial charge is 0.478 e. The number of hydrogen-bond donors (Lipinski definition) is 2. The first-order valence-corrected chi connectivity index (χ1v) is 13.1. The van der Waals surface area contributed by atoms with Gasteiger partial charge >= 0.3 is 12.1 Å². The number of carboxylic acids is 1. The number of anilines is 2. The standard InChI is InChI=1S/C20H21F3N2O6S2/c1-32(28,29)17-8-5-13(19(26)27)11-18(17)33(30,31)24-15-12-14(20(21,22)23)6-7-16(15)25-9-3-2-4-10-25/h5-8,11-12,24H,2-4,9-10H2,1H3,(H,26,27). The number of benzene rings is 2. The van der Waals surface area contributed by atoms with Crippen molar-refractivity contribution in [2.45, 2.75) is 35.2 Å². The van der Waals surface area contributed by atoms with Crippen molar-refractivity contribution in [2.24, 2.45) is 0 Å². The molecule has 0 amide bonds. The van der Waals surface area contributed by atoms with Crippen LogP contribution in [0.25, 0.3) is 0 Å². The van der Waals surface area contributed by atoms with E-state index in [9.17, 15) is 39.9 Å². The molecule has 2 aromatic rings. The summed E-state index contributed by atoms with van der Waals surface area (Å²) in [7, 11) is -8.91. The van der Waals surface area contributed by atoms with E-state index in [1.807, 2.05) is 0 Å². The van der Waals surface area contributed by atoms with Gasteiger partial charge in [0.25, 0.3) is 10.0 Å². The Morgan fingerprint density at radius 1 is 0.970 bits per heavy atom. The third-order valence-corrected chi connectivity index (χ3v) is 7.83. The topological polar surface area (TPSA) is 121 Å². The number of halogens is 3. The van der Waals surface area contributed by atoms with Crippen molar-refractivity contribution >= 4 is 37.2 Å². The molecule has 0 unspecified atom stereocenters. The third-order valence-electron chi connectivity index (χ3n) is 5.14. The summed E-state index contributed by atoms with van der Waals surface area (Å²) in [5, 5.41) is 9.20. The predicted molar refractivity (Wildman–Crippen MR) is 115 cm³/mol. The average Bonchev–Trinajstić information content (AvgIpc) is 2.72. The van der Waals surface area contributed by atoms with Crippen molar-refractivity contribution < 1.29 is 39.9 Å². The lowest BCUT2D eigenvalue weighted by atomic mass is 10.1. The van der Waals surface area contributed by atoms with Crippen LogP contribution in [0.4, 0.5) is 24.5 Å². The molecule has 8 nitrogen and oxygen atoms in total. The van der Waals surface area contributed by atoms with E-state index in [1.54, 1.807) is 4.90 Å². The second kappa shape index (κ2) is 8.86. The Hall–Kier alpha value is -2.80. The maximum Gasteiger partial charge on any atom is 0.416 e. The SMILES string of the molecule is CS(=O)(=O)c1ccc(C(=O)O)cc1S(=O)(=O)Nc1cc(C(F)(F)F)ccc1N1CCCCC1. The van der Waals surface area contributed by atoms with Crippen LogP contribution in [0.2, 0.25) is 0 Å². The Morgan fingerprint density at radius 2 is 1.61 bits per heavy atom. The van der Waals surface area contributed by atoms with Crippen molar-refractivity contribution in [2.75, 3.05) is 29.0 Å². The predicted octanol–water partition coefficient (Wildman–Crippen LogP) is 3.60. The molecule has 1 saturated heterocycles. The zero-order valence-electron chi connectivity index (χ0n) is 17.4. The van der Waals surface area contributed by atoms with Crippen LogP contribution in [-0.4, -0.2) is 47.3 Å². The monoisotopic (exact) mass is 506 g/mol. The van der Waals surface area contributed by atoms with E-state index >= 15 is 0 Å². The summed E-state index contributed by atoms with van der Waals surface area (Å²) in [6.45, 7) is 1.01. The molecule has 0 aliphatic carbocycles. The highest BCUT2D eigenvalue weighted by Gasteiger charge is 2.33. The van der Waals surface area contributed by atoms with Crippen LogP contribution in [0, 0.1) is 0 Å². The van der Waals surface area contributed by atoms with Crippen molar-refractivity contribution in [3.63, 3.8) is 0 Å². The van der Waals surface area contributed by atoms with Crippen LogP contribution in [0.3, 0.4) is 0 Å². The van der Waals surface area contributed by atoms with Crippen LogP contribution in [0.5, 0.6) is 0 Å². The van der Waals surface area contributed by atoms with Crippen molar-refractivity contribution in [1.29, 1.82) is 0 Å². The van der Waals surface area contributed by atoms with Gasteiger partial charge in [-0.2, -0.15) is 13.2 Å². The highest BCUT2D eigenvalue weighted by atomic mass is 32.2. The van der Waals surface area contributed by atoms with E-state index in [0.717, 1.165) is 49.8 Å². The van der Waals surface area contributed by atoms with Gasteiger partial charge in [-0.05, 0) is 55.7 Å². The second-order valence-electron chi connectivity index (χ2n) is 7.62. The molecule has 33 heavy (non-hydrogen) atoms. The highest BCUT2D eigenvalue weighted by Crippen LogP contribution is 2.37. The van der Waals surface area contributed by atoms with Gasteiger partial charge in [0.05, 0.1) is 27.4 Å². The third kappa shape index (κ3) is 5.58. The summed E-state index contributed by atoms with van der Waals surface area (Å²) in [5.74, 6) is -1.50. The van der Waals surface area contributed by atoms with E-state index in [1.165, 1.54) is 0 Å². The Bertz CT molecular complexity index is 1290. The Kier molecular flexibility index (Phi) is 6.67. The lowest BCUT2D eigenvalue weighted by molar-refractivity contribution is -0.137. The first kappa shape index (κ1) is 24.8. The van der Waals surface area contributed by atoms with E-state index in [0.29, 0.717) is 25.2 Å². The lowest BCUT2D eigenvalue weighted by Crippen LogP contribution is -2.30. The molecule has 3 rings (SSSR count). The molecule has 180 valence electrons. The molecule has 1 heterocycles. The first-order valence-electron chi connectivity index (χ1n) is 9.76. The van der Waals surface area contributed by atoms with Gasteiger partial charge in [-0.15, -0.1) is 0 Å². The molecule has 0 saturated carbocycles. The molecule has 1 aliphatic heterocycles. The van der Waals surface area contributed by atoms with E-state index < -0.39 is 52.9 Å². The van der Waals surface area contributed by atoms with Gasteiger partial charge in [0.2, 0.25) is 0 Å². The van der Waals surface area contributed by atoms with Crippen LogP contribution in [0.1, 0.15) is 35.2 Å². The summed E-state index contributed by atoms with van der Waals surface area (Å²) < 4.78 is 92.7. The van der Waals surface area contributed by atoms with Crippen molar-refractivity contribution in [1.82, 2.24) is 0 Å². The molecule has 0 aromatic heterocycles. The lowest BCUT2D eigenvalue weighted by Gasteiger charge is -2.31.